The molecule has 1 aromatic heterocycles. The van der Waals surface area contributed by atoms with E-state index >= 15 is 0 Å². The van der Waals surface area contributed by atoms with Gasteiger partial charge in [0.05, 0.1) is 21.6 Å². The molecule has 1 heterocycles. The van der Waals surface area contributed by atoms with Gasteiger partial charge >= 0.3 is 0 Å². The van der Waals surface area contributed by atoms with Crippen LogP contribution < -0.4 is 5.32 Å². The maximum atomic E-state index is 13.6. The highest BCUT2D eigenvalue weighted by Crippen LogP contribution is 2.30. The Balaban J connectivity index is 2.18. The molecule has 3 aromatic rings. The van der Waals surface area contributed by atoms with E-state index < -0.39 is 11.4 Å². The Morgan fingerprint density at radius 3 is 2.69 bits per heavy atom. The maximum Gasteiger partial charge on any atom is 0.217 e. The van der Waals surface area contributed by atoms with Gasteiger partial charge in [-0.05, 0) is 50.2 Å². The first kappa shape index (κ1) is 18.9. The first-order chi connectivity index (χ1) is 12.2. The Labute approximate surface area is 164 Å². The highest BCUT2D eigenvalue weighted by molar-refractivity contribution is 9.10. The smallest absolute Gasteiger partial charge is 0.217 e. The Bertz CT molecular complexity index is 1000. The van der Waals surface area contributed by atoms with E-state index in [-0.39, 0.29) is 10.9 Å². The van der Waals surface area contributed by atoms with Gasteiger partial charge in [-0.15, -0.1) is 0 Å². The van der Waals surface area contributed by atoms with Crippen LogP contribution in [-0.2, 0) is 11.3 Å². The number of benzene rings is 2. The second kappa shape index (κ2) is 7.00. The normalized spacial score (nSPS) is 11.8. The number of aromatic nitrogens is 2. The van der Waals surface area contributed by atoms with Crippen LogP contribution >= 0.6 is 27.5 Å². The highest BCUT2D eigenvalue weighted by atomic mass is 79.9. The second-order valence-electron chi connectivity index (χ2n) is 6.85. The van der Waals surface area contributed by atoms with Gasteiger partial charge < -0.3 is 9.88 Å². The zero-order valence-corrected chi connectivity index (χ0v) is 16.9. The van der Waals surface area contributed by atoms with Crippen LogP contribution in [-0.4, -0.2) is 21.0 Å². The predicted molar refractivity (Wildman–Crippen MR) is 106 cm³/mol. The van der Waals surface area contributed by atoms with Crippen LogP contribution in [0.1, 0.15) is 20.8 Å². The number of halogens is 3. The van der Waals surface area contributed by atoms with Gasteiger partial charge in [0, 0.05) is 23.5 Å². The zero-order chi connectivity index (χ0) is 19.1. The van der Waals surface area contributed by atoms with E-state index in [4.69, 9.17) is 16.6 Å². The minimum absolute atomic E-state index is 0.0448. The first-order valence-electron chi connectivity index (χ1n) is 8.06. The van der Waals surface area contributed by atoms with Crippen LogP contribution in [0.4, 0.5) is 4.39 Å². The van der Waals surface area contributed by atoms with Crippen molar-refractivity contribution in [3.05, 3.63) is 51.7 Å². The summed E-state index contributed by atoms with van der Waals surface area (Å²) in [6.07, 6.45) is 0. The summed E-state index contributed by atoms with van der Waals surface area (Å²) < 4.78 is 16.5. The van der Waals surface area contributed by atoms with E-state index in [1.807, 2.05) is 36.6 Å². The molecular formula is C19H18BrClFN3O. The van der Waals surface area contributed by atoms with Crippen molar-refractivity contribution in [3.8, 4) is 11.4 Å². The molecule has 3 rings (SSSR count). The number of hydrogen-bond acceptors (Lipinski definition) is 2. The Morgan fingerprint density at radius 2 is 2.04 bits per heavy atom. The lowest BCUT2D eigenvalue weighted by Gasteiger charge is -2.27. The molecule has 0 aliphatic heterocycles. The van der Waals surface area contributed by atoms with Gasteiger partial charge in [-0.1, -0.05) is 27.5 Å². The molecule has 26 heavy (non-hydrogen) atoms. The standard InChI is InChI=1S/C19H18BrClFN3O/c1-11(26)24-19(2,3)10-25-17-7-5-13(20)9-16(17)23-18(25)12-4-6-15(22)14(21)8-12/h4-9H,10H2,1-3H3,(H,24,26). The molecule has 0 radical (unpaired) electrons. The summed E-state index contributed by atoms with van der Waals surface area (Å²) in [6.45, 7) is 5.88. The molecule has 2 aromatic carbocycles. The number of hydrogen-bond donors (Lipinski definition) is 1. The van der Waals surface area contributed by atoms with Crippen molar-refractivity contribution in [2.75, 3.05) is 0 Å². The molecule has 4 nitrogen and oxygen atoms in total. The van der Waals surface area contributed by atoms with Gasteiger partial charge in [-0.3, -0.25) is 4.79 Å². The minimum Gasteiger partial charge on any atom is -0.350 e. The number of carbonyl (C=O) groups excluding carboxylic acids is 1. The lowest BCUT2D eigenvalue weighted by atomic mass is 10.0. The van der Waals surface area contributed by atoms with Crippen LogP contribution in [0.5, 0.6) is 0 Å². The van der Waals surface area contributed by atoms with Gasteiger partial charge in [-0.25, -0.2) is 9.37 Å². The quantitative estimate of drug-likeness (QED) is 0.610. The van der Waals surface area contributed by atoms with E-state index in [1.165, 1.54) is 13.0 Å². The van der Waals surface area contributed by atoms with E-state index in [0.717, 1.165) is 15.5 Å². The van der Waals surface area contributed by atoms with Crippen molar-refractivity contribution in [1.82, 2.24) is 14.9 Å². The minimum atomic E-state index is -0.495. The third-order valence-electron chi connectivity index (χ3n) is 3.96. The van der Waals surface area contributed by atoms with E-state index in [0.29, 0.717) is 17.9 Å². The molecule has 0 bridgehead atoms. The Hall–Kier alpha value is -1.92. The summed E-state index contributed by atoms with van der Waals surface area (Å²) in [5.74, 6) is 0.0892. The molecule has 1 N–H and O–H groups in total. The lowest BCUT2D eigenvalue weighted by molar-refractivity contribution is -0.120. The molecule has 0 aliphatic carbocycles. The fourth-order valence-corrected chi connectivity index (χ4v) is 3.56. The molecule has 0 fully saturated rings. The molecule has 0 aliphatic rings. The monoisotopic (exact) mass is 437 g/mol. The fourth-order valence-electron chi connectivity index (χ4n) is 3.03. The summed E-state index contributed by atoms with van der Waals surface area (Å²) in [4.78, 5) is 16.2. The summed E-state index contributed by atoms with van der Waals surface area (Å²) in [5.41, 5.74) is 1.93. The van der Waals surface area contributed by atoms with Crippen molar-refractivity contribution < 1.29 is 9.18 Å². The predicted octanol–water partition coefficient (Wildman–Crippen LogP) is 5.17. The number of amides is 1. The molecule has 0 atom stereocenters. The fraction of sp³-hybridized carbons (Fsp3) is 0.263. The van der Waals surface area contributed by atoms with Crippen LogP contribution in [0.2, 0.25) is 5.02 Å². The first-order valence-corrected chi connectivity index (χ1v) is 9.23. The number of nitrogens with zero attached hydrogens (tertiary/aromatic N) is 2. The molecule has 0 spiro atoms. The highest BCUT2D eigenvalue weighted by Gasteiger charge is 2.23. The van der Waals surface area contributed by atoms with Gasteiger partial charge in [0.25, 0.3) is 0 Å². The number of imidazole rings is 1. The number of carbonyl (C=O) groups is 1. The van der Waals surface area contributed by atoms with Crippen molar-refractivity contribution >= 4 is 44.5 Å². The van der Waals surface area contributed by atoms with Crippen LogP contribution in [0, 0.1) is 5.82 Å². The van der Waals surface area contributed by atoms with E-state index in [9.17, 15) is 9.18 Å². The van der Waals surface area contributed by atoms with Crippen molar-refractivity contribution in [3.63, 3.8) is 0 Å². The maximum absolute atomic E-state index is 13.6. The SMILES string of the molecule is CC(=O)NC(C)(C)Cn1c(-c2ccc(F)c(Cl)c2)nc2cc(Br)ccc21. The Kier molecular flexibility index (Phi) is 5.08. The lowest BCUT2D eigenvalue weighted by Crippen LogP contribution is -2.45. The molecule has 0 saturated carbocycles. The average molecular weight is 439 g/mol. The van der Waals surface area contributed by atoms with Gasteiger partial charge in [0.1, 0.15) is 11.6 Å². The van der Waals surface area contributed by atoms with Crippen LogP contribution in [0.25, 0.3) is 22.4 Å². The summed E-state index contributed by atoms with van der Waals surface area (Å²) >= 11 is 9.43. The van der Waals surface area contributed by atoms with Crippen molar-refractivity contribution in [2.45, 2.75) is 32.9 Å². The van der Waals surface area contributed by atoms with Crippen molar-refractivity contribution in [2.24, 2.45) is 0 Å². The van der Waals surface area contributed by atoms with Gasteiger partial charge in [-0.2, -0.15) is 0 Å². The summed E-state index contributed by atoms with van der Waals surface area (Å²) in [7, 11) is 0. The largest absolute Gasteiger partial charge is 0.350 e. The van der Waals surface area contributed by atoms with Gasteiger partial charge in [0.2, 0.25) is 5.91 Å². The number of rotatable bonds is 4. The van der Waals surface area contributed by atoms with Gasteiger partial charge in [0.15, 0.2) is 0 Å². The number of fused-ring (bicyclic) bond motifs is 1. The molecule has 7 heteroatoms. The van der Waals surface area contributed by atoms with Crippen LogP contribution in [0.15, 0.2) is 40.9 Å². The number of nitrogens with one attached hydrogen (secondary N) is 1. The third-order valence-corrected chi connectivity index (χ3v) is 4.74. The Morgan fingerprint density at radius 1 is 1.31 bits per heavy atom. The van der Waals surface area contributed by atoms with Crippen LogP contribution in [0.3, 0.4) is 0 Å². The molecule has 1 amide bonds. The molecular weight excluding hydrogens is 421 g/mol. The topological polar surface area (TPSA) is 46.9 Å². The molecule has 0 unspecified atom stereocenters. The zero-order valence-electron chi connectivity index (χ0n) is 14.6. The second-order valence-corrected chi connectivity index (χ2v) is 8.17. The third kappa shape index (κ3) is 3.91. The van der Waals surface area contributed by atoms with E-state index in [2.05, 4.69) is 21.2 Å². The average Bonchev–Trinajstić information content (AvgIpc) is 2.85. The molecule has 0 saturated heterocycles. The molecule has 136 valence electrons. The van der Waals surface area contributed by atoms with Crippen molar-refractivity contribution in [1.29, 1.82) is 0 Å². The summed E-state index contributed by atoms with van der Waals surface area (Å²) in [5, 5.41) is 2.99. The summed E-state index contributed by atoms with van der Waals surface area (Å²) in [6, 6.07) is 10.4. The van der Waals surface area contributed by atoms with E-state index in [1.54, 1.807) is 12.1 Å².